The van der Waals surface area contributed by atoms with E-state index in [-0.39, 0.29) is 11.8 Å². The summed E-state index contributed by atoms with van der Waals surface area (Å²) in [6, 6.07) is 9.51. The van der Waals surface area contributed by atoms with Crippen molar-refractivity contribution in [1.29, 1.82) is 0 Å². The SMILES string of the molecule is Cc1cc(C)nc(Nc2ccc(NC(=O)C3CC3)cc2)n1. The highest BCUT2D eigenvalue weighted by Gasteiger charge is 2.29. The second kappa shape index (κ2) is 5.52. The Bertz CT molecular complexity index is 642. The summed E-state index contributed by atoms with van der Waals surface area (Å²) in [5.74, 6) is 0.919. The molecule has 1 heterocycles. The van der Waals surface area contributed by atoms with Crippen molar-refractivity contribution in [3.8, 4) is 0 Å². The van der Waals surface area contributed by atoms with E-state index in [1.54, 1.807) is 0 Å². The van der Waals surface area contributed by atoms with E-state index in [1.165, 1.54) is 0 Å². The Morgan fingerprint density at radius 3 is 2.19 bits per heavy atom. The Hall–Kier alpha value is -2.43. The molecule has 2 N–H and O–H groups in total. The number of amides is 1. The molecule has 1 aromatic carbocycles. The van der Waals surface area contributed by atoms with Gasteiger partial charge in [-0.15, -0.1) is 0 Å². The first kappa shape index (κ1) is 13.5. The van der Waals surface area contributed by atoms with Crippen LogP contribution in [0.2, 0.25) is 0 Å². The van der Waals surface area contributed by atoms with Crippen molar-refractivity contribution in [2.24, 2.45) is 5.92 Å². The fourth-order valence-corrected chi connectivity index (χ4v) is 2.14. The van der Waals surface area contributed by atoms with Crippen molar-refractivity contribution in [1.82, 2.24) is 9.97 Å². The monoisotopic (exact) mass is 282 g/mol. The van der Waals surface area contributed by atoms with Gasteiger partial charge in [-0.05, 0) is 57.0 Å². The molecule has 1 saturated carbocycles. The third-order valence-corrected chi connectivity index (χ3v) is 3.34. The summed E-state index contributed by atoms with van der Waals surface area (Å²) >= 11 is 0. The molecule has 2 aromatic rings. The Balaban J connectivity index is 1.67. The number of benzene rings is 1. The minimum atomic E-state index is 0.119. The van der Waals surface area contributed by atoms with E-state index in [2.05, 4.69) is 20.6 Å². The third kappa shape index (κ3) is 3.56. The van der Waals surface area contributed by atoms with Crippen LogP contribution in [0.1, 0.15) is 24.2 Å². The number of carbonyl (C=O) groups is 1. The van der Waals surface area contributed by atoms with Crippen LogP contribution in [0.25, 0.3) is 0 Å². The number of hydrogen-bond acceptors (Lipinski definition) is 4. The fraction of sp³-hybridized carbons (Fsp3) is 0.312. The number of aryl methyl sites for hydroxylation is 2. The first-order chi connectivity index (χ1) is 10.1. The van der Waals surface area contributed by atoms with Crippen molar-refractivity contribution in [3.05, 3.63) is 41.7 Å². The number of hydrogen-bond donors (Lipinski definition) is 2. The summed E-state index contributed by atoms with van der Waals surface area (Å²) in [5, 5.41) is 6.08. The molecule has 3 rings (SSSR count). The van der Waals surface area contributed by atoms with Gasteiger partial charge in [-0.2, -0.15) is 0 Å². The van der Waals surface area contributed by atoms with Gasteiger partial charge in [-0.1, -0.05) is 0 Å². The standard InChI is InChI=1S/C16H18N4O/c1-10-9-11(2)18-16(17-10)20-14-7-5-13(6-8-14)19-15(21)12-3-4-12/h5-9,12H,3-4H2,1-2H3,(H,19,21)(H,17,18,20). The zero-order chi connectivity index (χ0) is 14.8. The van der Waals surface area contributed by atoms with Crippen LogP contribution in [-0.4, -0.2) is 15.9 Å². The van der Waals surface area contributed by atoms with Crippen LogP contribution >= 0.6 is 0 Å². The van der Waals surface area contributed by atoms with Crippen molar-refractivity contribution in [3.63, 3.8) is 0 Å². The van der Waals surface area contributed by atoms with E-state index in [4.69, 9.17) is 0 Å². The van der Waals surface area contributed by atoms with E-state index in [1.807, 2.05) is 44.2 Å². The van der Waals surface area contributed by atoms with Gasteiger partial charge in [-0.3, -0.25) is 4.79 Å². The number of aromatic nitrogens is 2. The van der Waals surface area contributed by atoms with Gasteiger partial charge < -0.3 is 10.6 Å². The van der Waals surface area contributed by atoms with Crippen molar-refractivity contribution < 1.29 is 4.79 Å². The summed E-state index contributed by atoms with van der Waals surface area (Å²) in [6.45, 7) is 3.88. The largest absolute Gasteiger partial charge is 0.326 e. The number of anilines is 3. The molecule has 0 aliphatic heterocycles. The van der Waals surface area contributed by atoms with Gasteiger partial charge in [0.05, 0.1) is 0 Å². The lowest BCUT2D eigenvalue weighted by Gasteiger charge is -2.08. The molecular formula is C16H18N4O. The van der Waals surface area contributed by atoms with Crippen LogP contribution in [0.4, 0.5) is 17.3 Å². The van der Waals surface area contributed by atoms with E-state index < -0.39 is 0 Å². The maximum Gasteiger partial charge on any atom is 0.227 e. The lowest BCUT2D eigenvalue weighted by molar-refractivity contribution is -0.117. The first-order valence-electron chi connectivity index (χ1n) is 7.10. The first-order valence-corrected chi connectivity index (χ1v) is 7.10. The van der Waals surface area contributed by atoms with E-state index >= 15 is 0 Å². The Morgan fingerprint density at radius 1 is 1.05 bits per heavy atom. The maximum atomic E-state index is 11.7. The average Bonchev–Trinajstić information content (AvgIpc) is 3.24. The molecule has 21 heavy (non-hydrogen) atoms. The van der Waals surface area contributed by atoms with Gasteiger partial charge in [0.25, 0.3) is 0 Å². The quantitative estimate of drug-likeness (QED) is 0.903. The summed E-state index contributed by atoms with van der Waals surface area (Å²) in [5.41, 5.74) is 3.57. The number of carbonyl (C=O) groups excluding carboxylic acids is 1. The predicted octanol–water partition coefficient (Wildman–Crippen LogP) is 3.19. The zero-order valence-electron chi connectivity index (χ0n) is 12.2. The molecule has 5 nitrogen and oxygen atoms in total. The van der Waals surface area contributed by atoms with Crippen molar-refractivity contribution >= 4 is 23.2 Å². The summed E-state index contributed by atoms with van der Waals surface area (Å²) in [4.78, 5) is 20.4. The number of rotatable bonds is 4. The molecule has 0 saturated heterocycles. The van der Waals surface area contributed by atoms with Gasteiger partial charge in [0.15, 0.2) is 0 Å². The Morgan fingerprint density at radius 2 is 1.62 bits per heavy atom. The highest BCUT2D eigenvalue weighted by molar-refractivity contribution is 5.94. The minimum absolute atomic E-state index is 0.119. The molecule has 0 radical (unpaired) electrons. The van der Waals surface area contributed by atoms with Crippen LogP contribution in [0.15, 0.2) is 30.3 Å². The molecular weight excluding hydrogens is 264 g/mol. The van der Waals surface area contributed by atoms with Gasteiger partial charge >= 0.3 is 0 Å². The smallest absolute Gasteiger partial charge is 0.227 e. The van der Waals surface area contributed by atoms with Crippen molar-refractivity contribution in [2.75, 3.05) is 10.6 Å². The van der Waals surface area contributed by atoms with Crippen LogP contribution in [0.5, 0.6) is 0 Å². The molecule has 1 amide bonds. The molecule has 0 unspecified atom stereocenters. The van der Waals surface area contributed by atoms with Gasteiger partial charge in [-0.25, -0.2) is 9.97 Å². The van der Waals surface area contributed by atoms with Gasteiger partial charge in [0, 0.05) is 28.7 Å². The van der Waals surface area contributed by atoms with Crippen molar-refractivity contribution in [2.45, 2.75) is 26.7 Å². The maximum absolute atomic E-state index is 11.7. The van der Waals surface area contributed by atoms with Gasteiger partial charge in [0.1, 0.15) is 0 Å². The van der Waals surface area contributed by atoms with Crippen LogP contribution in [-0.2, 0) is 4.79 Å². The third-order valence-electron chi connectivity index (χ3n) is 3.34. The van der Waals surface area contributed by atoms with E-state index in [9.17, 15) is 4.79 Å². The molecule has 1 aromatic heterocycles. The zero-order valence-corrected chi connectivity index (χ0v) is 12.2. The topological polar surface area (TPSA) is 66.9 Å². The van der Waals surface area contributed by atoms with Crippen LogP contribution in [0, 0.1) is 19.8 Å². The normalized spacial score (nSPS) is 13.8. The summed E-state index contributed by atoms with van der Waals surface area (Å²) in [7, 11) is 0. The average molecular weight is 282 g/mol. The predicted molar refractivity (Wildman–Crippen MR) is 82.6 cm³/mol. The Kier molecular flexibility index (Phi) is 3.56. The Labute approximate surface area is 123 Å². The van der Waals surface area contributed by atoms with Crippen LogP contribution in [0.3, 0.4) is 0 Å². The molecule has 0 bridgehead atoms. The fourth-order valence-electron chi connectivity index (χ4n) is 2.14. The highest BCUT2D eigenvalue weighted by atomic mass is 16.2. The van der Waals surface area contributed by atoms with Gasteiger partial charge in [0.2, 0.25) is 11.9 Å². The lowest BCUT2D eigenvalue weighted by atomic mass is 10.2. The molecule has 108 valence electrons. The molecule has 1 fully saturated rings. The summed E-state index contributed by atoms with van der Waals surface area (Å²) < 4.78 is 0. The second-order valence-electron chi connectivity index (χ2n) is 5.44. The van der Waals surface area contributed by atoms with Crippen LogP contribution < -0.4 is 10.6 Å². The molecule has 0 atom stereocenters. The van der Waals surface area contributed by atoms with E-state index in [0.29, 0.717) is 5.95 Å². The lowest BCUT2D eigenvalue weighted by Crippen LogP contribution is -2.13. The molecule has 0 spiro atoms. The molecule has 5 heteroatoms. The molecule has 1 aliphatic rings. The van der Waals surface area contributed by atoms with E-state index in [0.717, 1.165) is 35.6 Å². The highest BCUT2D eigenvalue weighted by Crippen LogP contribution is 2.30. The number of nitrogens with one attached hydrogen (secondary N) is 2. The summed E-state index contributed by atoms with van der Waals surface area (Å²) in [6.07, 6.45) is 2.02. The minimum Gasteiger partial charge on any atom is -0.326 e. The number of nitrogens with zero attached hydrogens (tertiary/aromatic N) is 2. The second-order valence-corrected chi connectivity index (χ2v) is 5.44. The molecule has 1 aliphatic carbocycles.